The molecule has 116 valence electrons. The van der Waals surface area contributed by atoms with Crippen LogP contribution in [0.5, 0.6) is 0 Å². The molecular formula is C17H31NO2. The van der Waals surface area contributed by atoms with Gasteiger partial charge in [0.15, 0.2) is 0 Å². The van der Waals surface area contributed by atoms with Gasteiger partial charge in [0.05, 0.1) is 0 Å². The number of hydrogen-bond donors (Lipinski definition) is 0. The number of nitrogens with zero attached hydrogens (tertiary/aromatic N) is 1. The molecule has 0 saturated carbocycles. The van der Waals surface area contributed by atoms with Crippen molar-refractivity contribution in [3.63, 3.8) is 0 Å². The summed E-state index contributed by atoms with van der Waals surface area (Å²) in [6, 6.07) is 0. The van der Waals surface area contributed by atoms with Crippen molar-refractivity contribution in [1.29, 1.82) is 0 Å². The van der Waals surface area contributed by atoms with Gasteiger partial charge in [-0.25, -0.2) is 0 Å². The molecule has 1 fully saturated rings. The Kier molecular flexibility index (Phi) is 7.86. The molecule has 1 aliphatic heterocycles. The van der Waals surface area contributed by atoms with E-state index in [9.17, 15) is 9.59 Å². The highest BCUT2D eigenvalue weighted by molar-refractivity contribution is 5.84. The Hall–Kier alpha value is -0.860. The molecule has 0 aromatic heterocycles. The quantitative estimate of drug-likeness (QED) is 0.678. The smallest absolute Gasteiger partial charge is 0.223 e. The Morgan fingerprint density at radius 3 is 2.35 bits per heavy atom. The summed E-state index contributed by atoms with van der Waals surface area (Å²) >= 11 is 0. The van der Waals surface area contributed by atoms with Crippen LogP contribution in [0, 0.1) is 11.8 Å². The third-order valence-electron chi connectivity index (χ3n) is 4.37. The molecular weight excluding hydrogens is 250 g/mol. The lowest BCUT2D eigenvalue weighted by Gasteiger charge is -2.32. The first-order valence-electron chi connectivity index (χ1n) is 8.32. The van der Waals surface area contributed by atoms with E-state index < -0.39 is 0 Å². The molecule has 1 amide bonds. The minimum Gasteiger partial charge on any atom is -0.343 e. The van der Waals surface area contributed by atoms with Crippen LogP contribution in [0.2, 0.25) is 0 Å². The van der Waals surface area contributed by atoms with Gasteiger partial charge in [-0.05, 0) is 24.7 Å². The van der Waals surface area contributed by atoms with Gasteiger partial charge in [0, 0.05) is 32.4 Å². The molecule has 0 radical (unpaired) electrons. The van der Waals surface area contributed by atoms with Gasteiger partial charge in [0.1, 0.15) is 5.78 Å². The van der Waals surface area contributed by atoms with Gasteiger partial charge in [-0.1, -0.05) is 40.0 Å². The highest BCUT2D eigenvalue weighted by atomic mass is 16.2. The second-order valence-electron chi connectivity index (χ2n) is 6.54. The zero-order chi connectivity index (χ0) is 15.0. The predicted octanol–water partition coefficient (Wildman–Crippen LogP) is 3.81. The van der Waals surface area contributed by atoms with E-state index in [0.717, 1.165) is 37.8 Å². The highest BCUT2D eigenvalue weighted by Gasteiger charge is 2.22. The van der Waals surface area contributed by atoms with E-state index in [1.54, 1.807) is 0 Å². The molecule has 20 heavy (non-hydrogen) atoms. The van der Waals surface area contributed by atoms with Crippen molar-refractivity contribution in [3.8, 4) is 0 Å². The van der Waals surface area contributed by atoms with Crippen LogP contribution in [0.3, 0.4) is 0 Å². The molecule has 1 rings (SSSR count). The monoisotopic (exact) mass is 281 g/mol. The third-order valence-corrected chi connectivity index (χ3v) is 4.37. The number of hydrogen-bond acceptors (Lipinski definition) is 2. The van der Waals surface area contributed by atoms with E-state index in [0.29, 0.717) is 19.3 Å². The second-order valence-corrected chi connectivity index (χ2v) is 6.54. The van der Waals surface area contributed by atoms with Gasteiger partial charge in [-0.15, -0.1) is 0 Å². The van der Waals surface area contributed by atoms with Gasteiger partial charge in [-0.2, -0.15) is 0 Å². The van der Waals surface area contributed by atoms with Crippen LogP contribution in [0.25, 0.3) is 0 Å². The van der Waals surface area contributed by atoms with Gasteiger partial charge >= 0.3 is 0 Å². The SMILES string of the molecule is CCC(=O)CCC(=O)N1CCC(CCCC(C)C)CC1. The standard InChI is InChI=1S/C17H31NO2/c1-4-16(19)8-9-17(20)18-12-10-15(11-13-18)7-5-6-14(2)3/h14-15H,4-13H2,1-3H3. The van der Waals surface area contributed by atoms with E-state index in [1.807, 2.05) is 11.8 Å². The van der Waals surface area contributed by atoms with Crippen molar-refractivity contribution in [2.24, 2.45) is 11.8 Å². The van der Waals surface area contributed by atoms with Crippen molar-refractivity contribution in [1.82, 2.24) is 4.90 Å². The Morgan fingerprint density at radius 2 is 1.80 bits per heavy atom. The fraction of sp³-hybridized carbons (Fsp3) is 0.882. The lowest BCUT2D eigenvalue weighted by Crippen LogP contribution is -2.38. The summed E-state index contributed by atoms with van der Waals surface area (Å²) in [4.78, 5) is 25.2. The minimum atomic E-state index is 0.174. The van der Waals surface area contributed by atoms with E-state index in [2.05, 4.69) is 13.8 Å². The van der Waals surface area contributed by atoms with Crippen LogP contribution in [-0.2, 0) is 9.59 Å². The summed E-state index contributed by atoms with van der Waals surface area (Å²) in [7, 11) is 0. The molecule has 0 N–H and O–H groups in total. The number of amides is 1. The number of carbonyl (C=O) groups is 2. The summed E-state index contributed by atoms with van der Waals surface area (Å²) in [6.07, 6.45) is 7.62. The Bertz CT molecular complexity index is 304. The van der Waals surface area contributed by atoms with Crippen LogP contribution >= 0.6 is 0 Å². The molecule has 3 nitrogen and oxygen atoms in total. The number of rotatable bonds is 8. The van der Waals surface area contributed by atoms with Crippen LogP contribution in [0.1, 0.15) is 72.1 Å². The Balaban J connectivity index is 2.17. The fourth-order valence-corrected chi connectivity index (χ4v) is 2.87. The van der Waals surface area contributed by atoms with E-state index in [1.165, 1.54) is 19.3 Å². The van der Waals surface area contributed by atoms with Crippen LogP contribution in [0.4, 0.5) is 0 Å². The highest BCUT2D eigenvalue weighted by Crippen LogP contribution is 2.24. The first-order valence-corrected chi connectivity index (χ1v) is 8.32. The fourth-order valence-electron chi connectivity index (χ4n) is 2.87. The number of piperidine rings is 1. The number of carbonyl (C=O) groups excluding carboxylic acids is 2. The van der Waals surface area contributed by atoms with Crippen molar-refractivity contribution >= 4 is 11.7 Å². The molecule has 0 aliphatic carbocycles. The molecule has 1 saturated heterocycles. The van der Waals surface area contributed by atoms with Gasteiger partial charge in [0.25, 0.3) is 0 Å². The molecule has 0 bridgehead atoms. The van der Waals surface area contributed by atoms with Crippen molar-refractivity contribution in [2.75, 3.05) is 13.1 Å². The molecule has 0 aromatic carbocycles. The maximum Gasteiger partial charge on any atom is 0.223 e. The molecule has 1 heterocycles. The van der Waals surface area contributed by atoms with E-state index in [-0.39, 0.29) is 11.7 Å². The Labute approximate surface area is 124 Å². The number of likely N-dealkylation sites (tertiary alicyclic amines) is 1. The second kappa shape index (κ2) is 9.15. The molecule has 0 spiro atoms. The topological polar surface area (TPSA) is 37.4 Å². The van der Waals surface area contributed by atoms with Crippen LogP contribution < -0.4 is 0 Å². The first-order chi connectivity index (χ1) is 9.52. The van der Waals surface area contributed by atoms with Crippen LogP contribution in [0.15, 0.2) is 0 Å². The summed E-state index contributed by atoms with van der Waals surface area (Å²) in [5.74, 6) is 1.97. The third kappa shape index (κ3) is 6.53. The van der Waals surface area contributed by atoms with Crippen LogP contribution in [-0.4, -0.2) is 29.7 Å². The first kappa shape index (κ1) is 17.2. The maximum atomic E-state index is 12.0. The normalized spacial score (nSPS) is 16.7. The van der Waals surface area contributed by atoms with Crippen molar-refractivity contribution in [3.05, 3.63) is 0 Å². The summed E-state index contributed by atoms with van der Waals surface area (Å²) in [5.41, 5.74) is 0. The van der Waals surface area contributed by atoms with Crippen molar-refractivity contribution in [2.45, 2.75) is 72.1 Å². The zero-order valence-electron chi connectivity index (χ0n) is 13.5. The van der Waals surface area contributed by atoms with Gasteiger partial charge in [0.2, 0.25) is 5.91 Å². The van der Waals surface area contributed by atoms with E-state index >= 15 is 0 Å². The molecule has 1 aliphatic rings. The number of Topliss-reactive ketones (excluding diaryl/α,β-unsaturated/α-hetero) is 1. The lowest BCUT2D eigenvalue weighted by atomic mass is 9.90. The largest absolute Gasteiger partial charge is 0.343 e. The molecule has 0 unspecified atom stereocenters. The number of ketones is 1. The van der Waals surface area contributed by atoms with Gasteiger partial charge < -0.3 is 4.90 Å². The average molecular weight is 281 g/mol. The predicted molar refractivity (Wildman–Crippen MR) is 82.5 cm³/mol. The lowest BCUT2D eigenvalue weighted by molar-refractivity contribution is -0.134. The molecule has 0 atom stereocenters. The van der Waals surface area contributed by atoms with Crippen molar-refractivity contribution < 1.29 is 9.59 Å². The summed E-state index contributed by atoms with van der Waals surface area (Å²) in [5, 5.41) is 0. The summed E-state index contributed by atoms with van der Waals surface area (Å²) < 4.78 is 0. The zero-order valence-corrected chi connectivity index (χ0v) is 13.5. The molecule has 3 heteroatoms. The minimum absolute atomic E-state index is 0.174. The molecule has 0 aromatic rings. The maximum absolute atomic E-state index is 12.0. The Morgan fingerprint density at radius 1 is 1.15 bits per heavy atom. The van der Waals surface area contributed by atoms with E-state index in [4.69, 9.17) is 0 Å². The summed E-state index contributed by atoms with van der Waals surface area (Å²) in [6.45, 7) is 8.20. The average Bonchev–Trinajstić information content (AvgIpc) is 2.44. The van der Waals surface area contributed by atoms with Gasteiger partial charge in [-0.3, -0.25) is 9.59 Å².